The van der Waals surface area contributed by atoms with Crippen LogP contribution in [0.1, 0.15) is 5.82 Å². The highest BCUT2D eigenvalue weighted by molar-refractivity contribution is 7.98. The van der Waals surface area contributed by atoms with Crippen molar-refractivity contribution in [2.45, 2.75) is 10.6 Å². The second-order valence-electron chi connectivity index (χ2n) is 3.14. The lowest BCUT2D eigenvalue weighted by atomic mass is 10.3. The van der Waals surface area contributed by atoms with Gasteiger partial charge in [-0.1, -0.05) is 11.6 Å². The highest BCUT2D eigenvalue weighted by Gasteiger charge is 2.03. The fraction of sp³-hybridized carbons (Fsp3) is 0.0909. The topological polar surface area (TPSA) is 51.8 Å². The maximum absolute atomic E-state index is 6.05. The Balaban J connectivity index is 2.05. The van der Waals surface area contributed by atoms with E-state index in [9.17, 15) is 0 Å². The monoisotopic (exact) mass is 251 g/mol. The molecular formula is C11H10ClN3S. The molecule has 0 saturated carbocycles. The van der Waals surface area contributed by atoms with E-state index in [-0.39, 0.29) is 0 Å². The number of nitrogens with zero attached hydrogens (tertiary/aromatic N) is 2. The molecule has 1 heterocycles. The van der Waals surface area contributed by atoms with Crippen LogP contribution >= 0.6 is 23.4 Å². The Morgan fingerprint density at radius 2 is 2.00 bits per heavy atom. The summed E-state index contributed by atoms with van der Waals surface area (Å²) in [6, 6.07) is 7.28. The van der Waals surface area contributed by atoms with Crippen LogP contribution in [0.25, 0.3) is 0 Å². The van der Waals surface area contributed by atoms with E-state index >= 15 is 0 Å². The van der Waals surface area contributed by atoms with Gasteiger partial charge in [-0.3, -0.25) is 0 Å². The maximum atomic E-state index is 6.05. The molecule has 0 fully saturated rings. The zero-order valence-electron chi connectivity index (χ0n) is 8.43. The van der Waals surface area contributed by atoms with Gasteiger partial charge in [0.25, 0.3) is 0 Å². The van der Waals surface area contributed by atoms with E-state index in [2.05, 4.69) is 9.97 Å². The summed E-state index contributed by atoms with van der Waals surface area (Å²) in [5.74, 6) is 1.49. The van der Waals surface area contributed by atoms with Gasteiger partial charge in [-0.15, -0.1) is 11.8 Å². The van der Waals surface area contributed by atoms with Crippen molar-refractivity contribution < 1.29 is 0 Å². The van der Waals surface area contributed by atoms with E-state index in [1.165, 1.54) is 0 Å². The van der Waals surface area contributed by atoms with E-state index in [0.29, 0.717) is 16.5 Å². The Morgan fingerprint density at radius 3 is 2.69 bits per heavy atom. The minimum absolute atomic E-state index is 0.668. The maximum Gasteiger partial charge on any atom is 0.138 e. The summed E-state index contributed by atoms with van der Waals surface area (Å²) in [5.41, 5.74) is 6.29. The summed E-state index contributed by atoms with van der Waals surface area (Å²) >= 11 is 7.65. The van der Waals surface area contributed by atoms with Crippen LogP contribution in [-0.4, -0.2) is 9.97 Å². The minimum Gasteiger partial charge on any atom is -0.399 e. The number of thioether (sulfide) groups is 1. The lowest BCUT2D eigenvalue weighted by Gasteiger charge is -2.03. The van der Waals surface area contributed by atoms with Gasteiger partial charge in [-0.05, 0) is 24.3 Å². The molecule has 2 aromatic rings. The standard InChI is InChI=1S/C11H10ClN3S/c12-9-6-8(13)2-3-10(9)16-7-11-14-4-1-5-15-11/h1-6H,7,13H2. The van der Waals surface area contributed by atoms with Crippen molar-refractivity contribution in [1.82, 2.24) is 9.97 Å². The van der Waals surface area contributed by atoms with Gasteiger partial charge in [0.2, 0.25) is 0 Å². The minimum atomic E-state index is 0.668. The molecular weight excluding hydrogens is 242 g/mol. The number of hydrogen-bond donors (Lipinski definition) is 1. The summed E-state index contributed by atoms with van der Waals surface area (Å²) in [6.45, 7) is 0. The van der Waals surface area contributed by atoms with Gasteiger partial charge in [0.15, 0.2) is 0 Å². The molecule has 1 aromatic heterocycles. The number of aromatic nitrogens is 2. The van der Waals surface area contributed by atoms with Crippen molar-refractivity contribution in [3.63, 3.8) is 0 Å². The summed E-state index contributed by atoms with van der Waals surface area (Å²) < 4.78 is 0. The van der Waals surface area contributed by atoms with Crippen LogP contribution in [0.15, 0.2) is 41.6 Å². The summed E-state index contributed by atoms with van der Waals surface area (Å²) in [7, 11) is 0. The molecule has 0 spiro atoms. The molecule has 82 valence electrons. The molecule has 2 rings (SSSR count). The normalized spacial score (nSPS) is 10.3. The number of halogens is 1. The Labute approximate surface area is 103 Å². The number of rotatable bonds is 3. The molecule has 0 saturated heterocycles. The third-order valence-electron chi connectivity index (χ3n) is 1.93. The first-order valence-electron chi connectivity index (χ1n) is 4.69. The second kappa shape index (κ2) is 5.18. The van der Waals surface area contributed by atoms with Crippen molar-refractivity contribution in [1.29, 1.82) is 0 Å². The van der Waals surface area contributed by atoms with Crippen LogP contribution in [-0.2, 0) is 5.75 Å². The van der Waals surface area contributed by atoms with E-state index < -0.39 is 0 Å². The predicted molar refractivity (Wildman–Crippen MR) is 67.5 cm³/mol. The first-order chi connectivity index (χ1) is 7.75. The Kier molecular flexibility index (Phi) is 3.64. The van der Waals surface area contributed by atoms with E-state index in [4.69, 9.17) is 17.3 Å². The number of hydrogen-bond acceptors (Lipinski definition) is 4. The molecule has 3 nitrogen and oxygen atoms in total. The lowest BCUT2D eigenvalue weighted by molar-refractivity contribution is 1.03. The first kappa shape index (κ1) is 11.2. The summed E-state index contributed by atoms with van der Waals surface area (Å²) in [4.78, 5) is 9.27. The molecule has 0 amide bonds. The van der Waals surface area contributed by atoms with Crippen molar-refractivity contribution in [3.8, 4) is 0 Å². The molecule has 1 aromatic carbocycles. The van der Waals surface area contributed by atoms with Gasteiger partial charge in [0.05, 0.1) is 10.8 Å². The van der Waals surface area contributed by atoms with Gasteiger partial charge in [-0.25, -0.2) is 9.97 Å². The summed E-state index contributed by atoms with van der Waals surface area (Å²) in [5, 5.41) is 0.668. The Bertz CT molecular complexity index is 476. The van der Waals surface area contributed by atoms with Crippen LogP contribution in [0.5, 0.6) is 0 Å². The number of benzene rings is 1. The molecule has 0 unspecified atom stereocenters. The second-order valence-corrected chi connectivity index (χ2v) is 4.57. The fourth-order valence-corrected chi connectivity index (χ4v) is 2.33. The number of nitrogen functional groups attached to an aromatic ring is 1. The molecule has 0 radical (unpaired) electrons. The molecule has 0 bridgehead atoms. The van der Waals surface area contributed by atoms with Gasteiger partial charge in [-0.2, -0.15) is 0 Å². The number of anilines is 1. The van der Waals surface area contributed by atoms with Crippen LogP contribution in [0.2, 0.25) is 5.02 Å². The first-order valence-corrected chi connectivity index (χ1v) is 6.06. The molecule has 0 aliphatic carbocycles. The highest BCUT2D eigenvalue weighted by atomic mass is 35.5. The van der Waals surface area contributed by atoms with Crippen molar-refractivity contribution >= 4 is 29.1 Å². The van der Waals surface area contributed by atoms with Gasteiger partial charge in [0.1, 0.15) is 5.82 Å². The zero-order valence-corrected chi connectivity index (χ0v) is 10.0. The third kappa shape index (κ3) is 2.87. The van der Waals surface area contributed by atoms with Crippen LogP contribution < -0.4 is 5.73 Å². The van der Waals surface area contributed by atoms with Gasteiger partial charge < -0.3 is 5.73 Å². The van der Waals surface area contributed by atoms with E-state index in [1.807, 2.05) is 12.1 Å². The van der Waals surface area contributed by atoms with Crippen molar-refractivity contribution in [3.05, 3.63) is 47.5 Å². The third-order valence-corrected chi connectivity index (χ3v) is 3.43. The lowest BCUT2D eigenvalue weighted by Crippen LogP contribution is -1.90. The molecule has 0 atom stereocenters. The fourth-order valence-electron chi connectivity index (χ4n) is 1.18. The average Bonchev–Trinajstić information content (AvgIpc) is 2.29. The van der Waals surface area contributed by atoms with Crippen LogP contribution in [0, 0.1) is 0 Å². The van der Waals surface area contributed by atoms with E-state index in [1.54, 1.807) is 36.3 Å². The number of nitrogens with two attached hydrogens (primary N) is 1. The quantitative estimate of drug-likeness (QED) is 0.673. The molecule has 0 aliphatic heterocycles. The Hall–Kier alpha value is -1.26. The predicted octanol–water partition coefficient (Wildman–Crippen LogP) is 3.00. The smallest absolute Gasteiger partial charge is 0.138 e. The SMILES string of the molecule is Nc1ccc(SCc2ncccn2)c(Cl)c1. The van der Waals surface area contributed by atoms with Crippen LogP contribution in [0.3, 0.4) is 0 Å². The summed E-state index contributed by atoms with van der Waals surface area (Å²) in [6.07, 6.45) is 3.46. The van der Waals surface area contributed by atoms with Crippen molar-refractivity contribution in [2.75, 3.05) is 5.73 Å². The zero-order chi connectivity index (χ0) is 11.4. The highest BCUT2D eigenvalue weighted by Crippen LogP contribution is 2.30. The largest absolute Gasteiger partial charge is 0.399 e. The van der Waals surface area contributed by atoms with Crippen molar-refractivity contribution in [2.24, 2.45) is 0 Å². The van der Waals surface area contributed by atoms with Gasteiger partial charge in [0, 0.05) is 23.0 Å². The van der Waals surface area contributed by atoms with E-state index in [0.717, 1.165) is 10.7 Å². The molecule has 0 aliphatic rings. The molecule has 2 N–H and O–H groups in total. The Morgan fingerprint density at radius 1 is 1.25 bits per heavy atom. The average molecular weight is 252 g/mol. The van der Waals surface area contributed by atoms with Gasteiger partial charge >= 0.3 is 0 Å². The molecule has 16 heavy (non-hydrogen) atoms. The molecule has 5 heteroatoms. The van der Waals surface area contributed by atoms with Crippen LogP contribution in [0.4, 0.5) is 5.69 Å².